The van der Waals surface area contributed by atoms with Gasteiger partial charge in [-0.1, -0.05) is 37.6 Å². The van der Waals surface area contributed by atoms with Crippen LogP contribution in [-0.2, 0) is 6.61 Å². The number of methoxy groups -OCH3 is 1. The SMILES string of the molecule is COc1cccc(COc2cc(C)n(-c3ccnc(-c4ccnc(C(C)C)n4)c3)c(=O)c2Cl)c1. The molecule has 1 aromatic carbocycles. The van der Waals surface area contributed by atoms with E-state index in [0.717, 1.165) is 17.1 Å². The van der Waals surface area contributed by atoms with Crippen LogP contribution in [0.1, 0.15) is 36.8 Å². The zero-order valence-corrected chi connectivity index (χ0v) is 20.2. The number of pyridine rings is 2. The van der Waals surface area contributed by atoms with Gasteiger partial charge in [0.25, 0.3) is 5.56 Å². The van der Waals surface area contributed by atoms with Gasteiger partial charge in [-0.15, -0.1) is 0 Å². The summed E-state index contributed by atoms with van der Waals surface area (Å²) in [5.74, 6) is 1.99. The molecule has 0 fully saturated rings. The number of nitrogens with zero attached hydrogens (tertiary/aromatic N) is 4. The van der Waals surface area contributed by atoms with Crippen LogP contribution in [-0.4, -0.2) is 26.6 Å². The lowest BCUT2D eigenvalue weighted by Crippen LogP contribution is -2.22. The van der Waals surface area contributed by atoms with Crippen LogP contribution < -0.4 is 15.0 Å². The van der Waals surface area contributed by atoms with E-state index in [4.69, 9.17) is 21.1 Å². The summed E-state index contributed by atoms with van der Waals surface area (Å²) in [7, 11) is 1.61. The van der Waals surface area contributed by atoms with Gasteiger partial charge in [-0.25, -0.2) is 9.97 Å². The second kappa shape index (κ2) is 10.1. The molecule has 0 bridgehead atoms. The van der Waals surface area contributed by atoms with Crippen LogP contribution in [0.4, 0.5) is 0 Å². The number of aromatic nitrogens is 4. The first kappa shape index (κ1) is 23.4. The van der Waals surface area contributed by atoms with Crippen molar-refractivity contribution in [2.75, 3.05) is 7.11 Å². The fourth-order valence-electron chi connectivity index (χ4n) is 3.52. The zero-order chi connectivity index (χ0) is 24.2. The van der Waals surface area contributed by atoms with E-state index in [9.17, 15) is 4.79 Å². The summed E-state index contributed by atoms with van der Waals surface area (Å²) in [6, 6.07) is 14.7. The van der Waals surface area contributed by atoms with Crippen LogP contribution in [0, 0.1) is 6.92 Å². The molecule has 174 valence electrons. The van der Waals surface area contributed by atoms with Gasteiger partial charge in [-0.3, -0.25) is 14.3 Å². The summed E-state index contributed by atoms with van der Waals surface area (Å²) >= 11 is 6.44. The lowest BCUT2D eigenvalue weighted by Gasteiger charge is -2.15. The van der Waals surface area contributed by atoms with Crippen molar-refractivity contribution in [2.24, 2.45) is 0 Å². The predicted molar refractivity (Wildman–Crippen MR) is 132 cm³/mol. The molecular formula is C26H25ClN4O3. The molecule has 0 saturated carbocycles. The van der Waals surface area contributed by atoms with Gasteiger partial charge in [0.1, 0.15) is 29.0 Å². The molecule has 7 nitrogen and oxygen atoms in total. The average molecular weight is 477 g/mol. The first-order chi connectivity index (χ1) is 16.4. The Morgan fingerprint density at radius 2 is 1.82 bits per heavy atom. The van der Waals surface area contributed by atoms with Crippen LogP contribution >= 0.6 is 11.6 Å². The second-order valence-corrected chi connectivity index (χ2v) is 8.48. The van der Waals surface area contributed by atoms with Crippen molar-refractivity contribution in [3.63, 3.8) is 0 Å². The minimum atomic E-state index is -0.370. The van der Waals surface area contributed by atoms with E-state index in [-0.39, 0.29) is 23.1 Å². The molecule has 0 aliphatic carbocycles. The first-order valence-corrected chi connectivity index (χ1v) is 11.2. The lowest BCUT2D eigenvalue weighted by molar-refractivity contribution is 0.304. The van der Waals surface area contributed by atoms with Gasteiger partial charge in [-0.05, 0) is 42.8 Å². The van der Waals surface area contributed by atoms with Gasteiger partial charge in [0.2, 0.25) is 0 Å². The number of benzene rings is 1. The summed E-state index contributed by atoms with van der Waals surface area (Å²) in [4.78, 5) is 26.6. The largest absolute Gasteiger partial charge is 0.497 e. The van der Waals surface area contributed by atoms with Crippen LogP contribution in [0.3, 0.4) is 0 Å². The third-order valence-electron chi connectivity index (χ3n) is 5.28. The number of hydrogen-bond donors (Lipinski definition) is 0. The van der Waals surface area contributed by atoms with E-state index in [0.29, 0.717) is 28.5 Å². The normalized spacial score (nSPS) is 11.0. The van der Waals surface area contributed by atoms with Gasteiger partial charge >= 0.3 is 0 Å². The molecule has 0 aliphatic rings. The van der Waals surface area contributed by atoms with Crippen molar-refractivity contribution < 1.29 is 9.47 Å². The molecule has 0 saturated heterocycles. The van der Waals surface area contributed by atoms with E-state index in [1.54, 1.807) is 37.7 Å². The van der Waals surface area contributed by atoms with Crippen molar-refractivity contribution in [1.29, 1.82) is 0 Å². The zero-order valence-electron chi connectivity index (χ0n) is 19.4. The van der Waals surface area contributed by atoms with E-state index in [1.165, 1.54) is 4.57 Å². The Balaban J connectivity index is 1.65. The standard InChI is InChI=1S/C26H25ClN4O3/c1-16(2)25-29-11-9-21(30-25)22-14-19(8-10-28-22)31-17(3)12-23(24(27)26(31)32)34-15-18-6-5-7-20(13-18)33-4/h5-14,16H,15H2,1-4H3. The van der Waals surface area contributed by atoms with Crippen molar-refractivity contribution >= 4 is 11.6 Å². The molecule has 0 unspecified atom stereocenters. The summed E-state index contributed by atoms with van der Waals surface area (Å²) in [6.07, 6.45) is 3.36. The van der Waals surface area contributed by atoms with Crippen molar-refractivity contribution in [3.05, 3.63) is 93.4 Å². The molecule has 34 heavy (non-hydrogen) atoms. The van der Waals surface area contributed by atoms with E-state index in [1.807, 2.05) is 51.1 Å². The first-order valence-electron chi connectivity index (χ1n) is 10.8. The quantitative estimate of drug-likeness (QED) is 0.357. The van der Waals surface area contributed by atoms with Crippen LogP contribution in [0.15, 0.2) is 65.7 Å². The molecule has 0 amide bonds. The lowest BCUT2D eigenvalue weighted by atomic mass is 10.2. The molecule has 0 atom stereocenters. The Morgan fingerprint density at radius 3 is 2.59 bits per heavy atom. The summed E-state index contributed by atoms with van der Waals surface area (Å²) in [5.41, 5.74) is 3.18. The van der Waals surface area contributed by atoms with Crippen molar-refractivity contribution in [1.82, 2.24) is 19.5 Å². The molecule has 4 aromatic rings. The number of halogens is 1. The molecule has 8 heteroatoms. The fourth-order valence-corrected chi connectivity index (χ4v) is 3.72. The van der Waals surface area contributed by atoms with Gasteiger partial charge in [0, 0.05) is 30.1 Å². The molecule has 3 aromatic heterocycles. The second-order valence-electron chi connectivity index (χ2n) is 8.10. The highest BCUT2D eigenvalue weighted by atomic mass is 35.5. The third kappa shape index (κ3) is 4.94. The highest BCUT2D eigenvalue weighted by Crippen LogP contribution is 2.26. The fraction of sp³-hybridized carbons (Fsp3) is 0.231. The van der Waals surface area contributed by atoms with Crippen molar-refractivity contribution in [3.8, 4) is 28.6 Å². The number of ether oxygens (including phenoxy) is 2. The minimum absolute atomic E-state index is 0.0102. The summed E-state index contributed by atoms with van der Waals surface area (Å²) < 4.78 is 12.7. The van der Waals surface area contributed by atoms with E-state index < -0.39 is 0 Å². The van der Waals surface area contributed by atoms with E-state index >= 15 is 0 Å². The maximum absolute atomic E-state index is 13.2. The van der Waals surface area contributed by atoms with Gasteiger partial charge in [-0.2, -0.15) is 0 Å². The smallest absolute Gasteiger partial charge is 0.277 e. The Bertz CT molecular complexity index is 1380. The molecule has 4 rings (SSSR count). The molecule has 0 radical (unpaired) electrons. The Kier molecular flexibility index (Phi) is 6.93. The number of rotatable bonds is 7. The topological polar surface area (TPSA) is 79.1 Å². The van der Waals surface area contributed by atoms with Crippen molar-refractivity contribution in [2.45, 2.75) is 33.3 Å². The summed E-state index contributed by atoms with van der Waals surface area (Å²) in [6.45, 7) is 6.15. The van der Waals surface area contributed by atoms with Gasteiger partial charge in [0.05, 0.1) is 24.2 Å². The predicted octanol–water partition coefficient (Wildman–Crippen LogP) is 5.36. The molecule has 0 spiro atoms. The average Bonchev–Trinajstić information content (AvgIpc) is 2.86. The number of hydrogen-bond acceptors (Lipinski definition) is 6. The maximum atomic E-state index is 13.2. The minimum Gasteiger partial charge on any atom is -0.497 e. The Morgan fingerprint density at radius 1 is 1.03 bits per heavy atom. The van der Waals surface area contributed by atoms with Crippen LogP contribution in [0.2, 0.25) is 5.02 Å². The monoisotopic (exact) mass is 476 g/mol. The van der Waals surface area contributed by atoms with E-state index in [2.05, 4.69) is 15.0 Å². The molecule has 0 N–H and O–H groups in total. The van der Waals surface area contributed by atoms with Crippen LogP contribution in [0.5, 0.6) is 11.5 Å². The van der Waals surface area contributed by atoms with Crippen LogP contribution in [0.25, 0.3) is 17.1 Å². The summed E-state index contributed by atoms with van der Waals surface area (Å²) in [5, 5.41) is 0.0102. The number of aryl methyl sites for hydroxylation is 1. The Labute approximate surface area is 203 Å². The van der Waals surface area contributed by atoms with Gasteiger partial charge < -0.3 is 9.47 Å². The van der Waals surface area contributed by atoms with Gasteiger partial charge in [0.15, 0.2) is 0 Å². The third-order valence-corrected chi connectivity index (χ3v) is 5.63. The maximum Gasteiger partial charge on any atom is 0.277 e. The Hall–Kier alpha value is -3.71. The molecule has 3 heterocycles. The molecule has 0 aliphatic heterocycles. The highest BCUT2D eigenvalue weighted by Gasteiger charge is 2.15. The highest BCUT2D eigenvalue weighted by molar-refractivity contribution is 6.31. The molecular weight excluding hydrogens is 452 g/mol.